The Labute approximate surface area is 121 Å². The van der Waals surface area contributed by atoms with Gasteiger partial charge in [-0.05, 0) is 37.6 Å². The molecular formula is C12H15BrClNO2S. The fourth-order valence-corrected chi connectivity index (χ4v) is 4.45. The Morgan fingerprint density at radius 1 is 1.44 bits per heavy atom. The number of benzene rings is 1. The van der Waals surface area contributed by atoms with Crippen molar-refractivity contribution in [3.8, 4) is 0 Å². The summed E-state index contributed by atoms with van der Waals surface area (Å²) in [5, 5.41) is 3.57. The van der Waals surface area contributed by atoms with Gasteiger partial charge < -0.3 is 5.32 Å². The van der Waals surface area contributed by atoms with Crippen molar-refractivity contribution < 1.29 is 8.42 Å². The van der Waals surface area contributed by atoms with Gasteiger partial charge >= 0.3 is 0 Å². The first-order valence-electron chi connectivity index (χ1n) is 5.80. The molecule has 0 saturated carbocycles. The van der Waals surface area contributed by atoms with Gasteiger partial charge in [-0.2, -0.15) is 0 Å². The van der Waals surface area contributed by atoms with E-state index in [1.54, 1.807) is 13.0 Å². The Morgan fingerprint density at radius 3 is 2.83 bits per heavy atom. The summed E-state index contributed by atoms with van der Waals surface area (Å²) in [6, 6.07) is 5.32. The highest BCUT2D eigenvalue weighted by Crippen LogP contribution is 2.29. The molecule has 2 unspecified atom stereocenters. The average Bonchev–Trinajstić information content (AvgIpc) is 2.39. The van der Waals surface area contributed by atoms with Crippen LogP contribution in [-0.2, 0) is 9.84 Å². The van der Waals surface area contributed by atoms with Gasteiger partial charge in [-0.25, -0.2) is 8.42 Å². The van der Waals surface area contributed by atoms with Crippen LogP contribution in [0.2, 0.25) is 5.02 Å². The van der Waals surface area contributed by atoms with E-state index in [4.69, 9.17) is 11.6 Å². The SMILES string of the molecule is CC1CCNC(c2ccc(Br)cc2Cl)CS1(=O)=O. The van der Waals surface area contributed by atoms with Crippen molar-refractivity contribution >= 4 is 37.4 Å². The summed E-state index contributed by atoms with van der Waals surface area (Å²) >= 11 is 9.53. The highest BCUT2D eigenvalue weighted by atomic mass is 79.9. The van der Waals surface area contributed by atoms with Crippen molar-refractivity contribution in [3.63, 3.8) is 0 Å². The molecule has 100 valence electrons. The van der Waals surface area contributed by atoms with Crippen molar-refractivity contribution in [1.29, 1.82) is 0 Å². The third-order valence-corrected chi connectivity index (χ3v) is 6.37. The minimum atomic E-state index is -3.05. The largest absolute Gasteiger partial charge is 0.309 e. The van der Waals surface area contributed by atoms with E-state index in [1.807, 2.05) is 12.1 Å². The summed E-state index contributed by atoms with van der Waals surface area (Å²) < 4.78 is 25.0. The molecule has 3 nitrogen and oxygen atoms in total. The summed E-state index contributed by atoms with van der Waals surface area (Å²) in [5.74, 6) is 0.107. The van der Waals surface area contributed by atoms with E-state index in [-0.39, 0.29) is 17.0 Å². The molecule has 1 N–H and O–H groups in total. The van der Waals surface area contributed by atoms with E-state index in [0.717, 1.165) is 10.0 Å². The van der Waals surface area contributed by atoms with E-state index >= 15 is 0 Å². The Balaban J connectivity index is 2.33. The average molecular weight is 353 g/mol. The summed E-state index contributed by atoms with van der Waals surface area (Å²) in [6.07, 6.45) is 0.646. The highest BCUT2D eigenvalue weighted by Gasteiger charge is 2.30. The third-order valence-electron chi connectivity index (χ3n) is 3.29. The molecule has 0 spiro atoms. The molecule has 1 aliphatic heterocycles. The van der Waals surface area contributed by atoms with Crippen molar-refractivity contribution in [2.45, 2.75) is 24.6 Å². The van der Waals surface area contributed by atoms with Gasteiger partial charge in [0.05, 0.1) is 11.0 Å². The van der Waals surface area contributed by atoms with E-state index in [1.165, 1.54) is 0 Å². The van der Waals surface area contributed by atoms with Gasteiger partial charge in [-0.1, -0.05) is 33.6 Å². The zero-order valence-electron chi connectivity index (χ0n) is 9.99. The maximum absolute atomic E-state index is 12.1. The lowest BCUT2D eigenvalue weighted by atomic mass is 10.1. The quantitative estimate of drug-likeness (QED) is 0.845. The van der Waals surface area contributed by atoms with Crippen molar-refractivity contribution in [2.75, 3.05) is 12.3 Å². The molecule has 2 atom stereocenters. The molecule has 1 aromatic rings. The van der Waals surface area contributed by atoms with Crippen LogP contribution in [0.5, 0.6) is 0 Å². The summed E-state index contributed by atoms with van der Waals surface area (Å²) in [4.78, 5) is 0. The lowest BCUT2D eigenvalue weighted by Crippen LogP contribution is -2.26. The number of nitrogens with one attached hydrogen (secondary N) is 1. The molecule has 1 aromatic carbocycles. The van der Waals surface area contributed by atoms with Crippen LogP contribution in [-0.4, -0.2) is 26.0 Å². The lowest BCUT2D eigenvalue weighted by molar-refractivity contribution is 0.572. The van der Waals surface area contributed by atoms with Gasteiger partial charge in [0.2, 0.25) is 0 Å². The van der Waals surface area contributed by atoms with E-state index in [2.05, 4.69) is 21.2 Å². The van der Waals surface area contributed by atoms with Crippen LogP contribution in [0, 0.1) is 0 Å². The van der Waals surface area contributed by atoms with E-state index in [9.17, 15) is 8.42 Å². The fourth-order valence-electron chi connectivity index (χ4n) is 2.08. The predicted molar refractivity (Wildman–Crippen MR) is 77.8 cm³/mol. The molecule has 0 aliphatic carbocycles. The van der Waals surface area contributed by atoms with Crippen molar-refractivity contribution in [1.82, 2.24) is 5.32 Å². The summed E-state index contributed by atoms with van der Waals surface area (Å²) in [5.41, 5.74) is 0.845. The third kappa shape index (κ3) is 3.07. The highest BCUT2D eigenvalue weighted by molar-refractivity contribution is 9.10. The molecule has 1 heterocycles. The first-order chi connectivity index (χ1) is 8.40. The zero-order chi connectivity index (χ0) is 13.3. The van der Waals surface area contributed by atoms with Crippen LogP contribution in [0.15, 0.2) is 22.7 Å². The Hall–Kier alpha value is -0.100. The van der Waals surface area contributed by atoms with E-state index in [0.29, 0.717) is 18.0 Å². The maximum Gasteiger partial charge on any atom is 0.154 e. The number of halogens is 2. The van der Waals surface area contributed by atoms with Gasteiger partial charge in [0.25, 0.3) is 0 Å². The minimum absolute atomic E-state index is 0.107. The molecule has 0 bridgehead atoms. The second kappa shape index (κ2) is 5.49. The fraction of sp³-hybridized carbons (Fsp3) is 0.500. The van der Waals surface area contributed by atoms with E-state index < -0.39 is 9.84 Å². The lowest BCUT2D eigenvalue weighted by Gasteiger charge is -2.17. The number of hydrogen-bond acceptors (Lipinski definition) is 3. The van der Waals surface area contributed by atoms with Gasteiger partial charge in [0, 0.05) is 15.5 Å². The molecule has 0 aromatic heterocycles. The topological polar surface area (TPSA) is 46.2 Å². The zero-order valence-corrected chi connectivity index (χ0v) is 13.1. The second-order valence-electron chi connectivity index (χ2n) is 4.60. The van der Waals surface area contributed by atoms with Crippen LogP contribution < -0.4 is 5.32 Å². The smallest absolute Gasteiger partial charge is 0.154 e. The van der Waals surface area contributed by atoms with Gasteiger partial charge in [-0.15, -0.1) is 0 Å². The Bertz CT molecular complexity index is 547. The molecule has 6 heteroatoms. The Kier molecular flexibility index (Phi) is 4.36. The standard InChI is InChI=1S/C12H15BrClNO2S/c1-8-4-5-15-12(7-18(8,16)17)10-3-2-9(13)6-11(10)14/h2-3,6,8,12,15H,4-5,7H2,1H3. The minimum Gasteiger partial charge on any atom is -0.309 e. The monoisotopic (exact) mass is 351 g/mol. The number of hydrogen-bond donors (Lipinski definition) is 1. The van der Waals surface area contributed by atoms with Crippen LogP contribution in [0.3, 0.4) is 0 Å². The van der Waals surface area contributed by atoms with Crippen molar-refractivity contribution in [2.24, 2.45) is 0 Å². The summed E-state index contributed by atoms with van der Waals surface area (Å²) in [6.45, 7) is 2.46. The molecule has 0 radical (unpaired) electrons. The summed E-state index contributed by atoms with van der Waals surface area (Å²) in [7, 11) is -3.05. The molecule has 1 saturated heterocycles. The first-order valence-corrected chi connectivity index (χ1v) is 8.68. The van der Waals surface area contributed by atoms with Crippen molar-refractivity contribution in [3.05, 3.63) is 33.3 Å². The van der Waals surface area contributed by atoms with Gasteiger partial charge in [-0.3, -0.25) is 0 Å². The molecule has 18 heavy (non-hydrogen) atoms. The first kappa shape index (κ1) is 14.3. The molecular weight excluding hydrogens is 338 g/mol. The van der Waals surface area contributed by atoms with Crippen LogP contribution in [0.1, 0.15) is 24.9 Å². The van der Waals surface area contributed by atoms with Gasteiger partial charge in [0.1, 0.15) is 0 Å². The normalized spacial score (nSPS) is 27.7. The van der Waals surface area contributed by atoms with Crippen LogP contribution in [0.25, 0.3) is 0 Å². The molecule has 1 aliphatic rings. The predicted octanol–water partition coefficient (Wildman–Crippen LogP) is 2.94. The number of rotatable bonds is 1. The van der Waals surface area contributed by atoms with Crippen LogP contribution >= 0.6 is 27.5 Å². The Morgan fingerprint density at radius 2 is 2.17 bits per heavy atom. The van der Waals surface area contributed by atoms with Gasteiger partial charge in [0.15, 0.2) is 9.84 Å². The molecule has 1 fully saturated rings. The molecule has 2 rings (SSSR count). The molecule has 0 amide bonds. The second-order valence-corrected chi connectivity index (χ2v) is 8.39. The maximum atomic E-state index is 12.1. The van der Waals surface area contributed by atoms with Crippen LogP contribution in [0.4, 0.5) is 0 Å². The number of sulfone groups is 1.